The lowest BCUT2D eigenvalue weighted by atomic mass is 10.1. The number of hydrogen-bond donors (Lipinski definition) is 1. The van der Waals surface area contributed by atoms with Gasteiger partial charge in [-0.25, -0.2) is 14.2 Å². The Hall–Kier alpha value is -2.14. The summed E-state index contributed by atoms with van der Waals surface area (Å²) in [6.45, 7) is 1.97. The van der Waals surface area contributed by atoms with E-state index in [1.165, 1.54) is 30.3 Å². The van der Waals surface area contributed by atoms with Crippen molar-refractivity contribution < 1.29 is 19.0 Å². The zero-order valence-electron chi connectivity index (χ0n) is 11.3. The number of carboxylic acids is 1. The molecule has 0 saturated carbocycles. The van der Waals surface area contributed by atoms with Crippen LogP contribution in [0.15, 0.2) is 30.3 Å². The molecular formula is C15H13ClFNO3. The van der Waals surface area contributed by atoms with Crippen LogP contribution in [0.2, 0.25) is 5.02 Å². The Labute approximate surface area is 126 Å². The van der Waals surface area contributed by atoms with Gasteiger partial charge in [0.15, 0.2) is 0 Å². The second-order valence-electron chi connectivity index (χ2n) is 4.42. The number of aromatic carboxylic acids is 1. The minimum absolute atomic E-state index is 0.0735. The molecule has 4 nitrogen and oxygen atoms in total. The van der Waals surface area contributed by atoms with Crippen LogP contribution in [-0.4, -0.2) is 16.1 Å². The molecule has 1 N–H and O–H groups in total. The lowest BCUT2D eigenvalue weighted by Gasteiger charge is -2.08. The second-order valence-corrected chi connectivity index (χ2v) is 4.83. The number of carbonyl (C=O) groups is 1. The van der Waals surface area contributed by atoms with E-state index in [9.17, 15) is 9.18 Å². The Morgan fingerprint density at radius 1 is 1.38 bits per heavy atom. The molecule has 0 fully saturated rings. The summed E-state index contributed by atoms with van der Waals surface area (Å²) >= 11 is 5.67. The number of hydrogen-bond acceptors (Lipinski definition) is 3. The molecule has 0 spiro atoms. The second kappa shape index (κ2) is 6.54. The largest absolute Gasteiger partial charge is 0.478 e. The van der Waals surface area contributed by atoms with Gasteiger partial charge in [0.25, 0.3) is 0 Å². The zero-order chi connectivity index (χ0) is 15.4. The summed E-state index contributed by atoms with van der Waals surface area (Å²) in [5.41, 5.74) is 0.720. The quantitative estimate of drug-likeness (QED) is 0.893. The van der Waals surface area contributed by atoms with Gasteiger partial charge in [-0.2, -0.15) is 0 Å². The third-order valence-electron chi connectivity index (χ3n) is 2.72. The van der Waals surface area contributed by atoms with E-state index in [2.05, 4.69) is 4.98 Å². The van der Waals surface area contributed by atoms with Gasteiger partial charge in [0.2, 0.25) is 5.88 Å². The van der Waals surface area contributed by atoms with Gasteiger partial charge in [0, 0.05) is 17.8 Å². The van der Waals surface area contributed by atoms with Gasteiger partial charge in [-0.05, 0) is 24.6 Å². The minimum Gasteiger partial charge on any atom is -0.478 e. The number of carboxylic acid groups (broad SMARTS) is 1. The molecule has 1 aromatic carbocycles. The fourth-order valence-corrected chi connectivity index (χ4v) is 1.95. The molecule has 1 heterocycles. The van der Waals surface area contributed by atoms with Crippen LogP contribution in [0.25, 0.3) is 0 Å². The normalized spacial score (nSPS) is 10.4. The van der Waals surface area contributed by atoms with E-state index >= 15 is 0 Å². The fraction of sp³-hybridized carbons (Fsp3) is 0.200. The van der Waals surface area contributed by atoms with Crippen molar-refractivity contribution in [1.29, 1.82) is 0 Å². The van der Waals surface area contributed by atoms with Crippen LogP contribution in [0.4, 0.5) is 4.39 Å². The van der Waals surface area contributed by atoms with Crippen molar-refractivity contribution in [3.8, 4) is 11.6 Å². The van der Waals surface area contributed by atoms with E-state index in [1.807, 2.05) is 6.92 Å². The number of benzene rings is 1. The van der Waals surface area contributed by atoms with Gasteiger partial charge in [0.1, 0.15) is 11.6 Å². The van der Waals surface area contributed by atoms with Crippen molar-refractivity contribution in [2.75, 3.05) is 0 Å². The van der Waals surface area contributed by atoms with E-state index in [-0.39, 0.29) is 16.5 Å². The fourth-order valence-electron chi connectivity index (χ4n) is 1.78. The van der Waals surface area contributed by atoms with Gasteiger partial charge in [-0.3, -0.25) is 0 Å². The monoisotopic (exact) mass is 309 g/mol. The molecule has 0 aliphatic heterocycles. The molecule has 2 rings (SSSR count). The first kappa shape index (κ1) is 15.3. The molecule has 1 aromatic heterocycles. The Kier molecular flexibility index (Phi) is 4.75. The van der Waals surface area contributed by atoms with Crippen molar-refractivity contribution in [3.63, 3.8) is 0 Å². The smallest absolute Gasteiger partial charge is 0.335 e. The third kappa shape index (κ3) is 3.92. The molecule has 0 aliphatic carbocycles. The SMILES string of the molecule is CCCc1cc(C(=O)O)cc(Oc2ccc(F)c(Cl)c2)n1. The zero-order valence-corrected chi connectivity index (χ0v) is 12.0. The molecule has 6 heteroatoms. The van der Waals surface area contributed by atoms with E-state index in [4.69, 9.17) is 21.4 Å². The van der Waals surface area contributed by atoms with E-state index < -0.39 is 11.8 Å². The molecule has 2 aromatic rings. The molecule has 0 unspecified atom stereocenters. The van der Waals surface area contributed by atoms with Crippen LogP contribution in [-0.2, 0) is 6.42 Å². The molecule has 110 valence electrons. The number of nitrogens with zero attached hydrogens (tertiary/aromatic N) is 1. The number of ether oxygens (including phenoxy) is 1. The van der Waals surface area contributed by atoms with E-state index in [1.54, 1.807) is 0 Å². The minimum atomic E-state index is -1.06. The highest BCUT2D eigenvalue weighted by atomic mass is 35.5. The summed E-state index contributed by atoms with van der Waals surface area (Å²) in [6, 6.07) is 6.71. The predicted octanol–water partition coefficient (Wildman–Crippen LogP) is 4.32. The molecule has 21 heavy (non-hydrogen) atoms. The van der Waals surface area contributed by atoms with Crippen molar-refractivity contribution >= 4 is 17.6 Å². The van der Waals surface area contributed by atoms with E-state index in [0.717, 1.165) is 6.42 Å². The van der Waals surface area contributed by atoms with Crippen LogP contribution in [0.1, 0.15) is 29.4 Å². The lowest BCUT2D eigenvalue weighted by molar-refractivity contribution is 0.0696. The maximum absolute atomic E-state index is 13.1. The van der Waals surface area contributed by atoms with Crippen LogP contribution < -0.4 is 4.74 Å². The molecule has 0 amide bonds. The molecule has 0 bridgehead atoms. The molecule has 0 atom stereocenters. The molecular weight excluding hydrogens is 297 g/mol. The Bertz CT molecular complexity index is 676. The highest BCUT2D eigenvalue weighted by molar-refractivity contribution is 6.30. The van der Waals surface area contributed by atoms with Crippen LogP contribution in [0.5, 0.6) is 11.6 Å². The average Bonchev–Trinajstić information content (AvgIpc) is 2.43. The van der Waals surface area contributed by atoms with Crippen molar-refractivity contribution in [2.45, 2.75) is 19.8 Å². The maximum Gasteiger partial charge on any atom is 0.335 e. The number of pyridine rings is 1. The van der Waals surface area contributed by atoms with Gasteiger partial charge < -0.3 is 9.84 Å². The number of rotatable bonds is 5. The van der Waals surface area contributed by atoms with Crippen LogP contribution >= 0.6 is 11.6 Å². The van der Waals surface area contributed by atoms with Gasteiger partial charge in [-0.1, -0.05) is 24.9 Å². The summed E-state index contributed by atoms with van der Waals surface area (Å²) in [5, 5.41) is 9.02. The number of aryl methyl sites for hydroxylation is 1. The average molecular weight is 310 g/mol. The van der Waals surface area contributed by atoms with Crippen LogP contribution in [0, 0.1) is 5.82 Å². The van der Waals surface area contributed by atoms with Gasteiger partial charge in [-0.15, -0.1) is 0 Å². The number of halogens is 2. The Morgan fingerprint density at radius 2 is 2.14 bits per heavy atom. The summed E-state index contributed by atoms with van der Waals surface area (Å²) < 4.78 is 18.6. The van der Waals surface area contributed by atoms with Crippen LogP contribution in [0.3, 0.4) is 0 Å². The number of aromatic nitrogens is 1. The van der Waals surface area contributed by atoms with Crippen molar-refractivity contribution in [2.24, 2.45) is 0 Å². The predicted molar refractivity (Wildman–Crippen MR) is 76.7 cm³/mol. The topological polar surface area (TPSA) is 59.4 Å². The summed E-state index contributed by atoms with van der Waals surface area (Å²) in [4.78, 5) is 15.3. The standard InChI is InChI=1S/C15H13ClFNO3/c1-2-3-10-6-9(15(19)20)7-14(18-10)21-11-4-5-13(17)12(16)8-11/h4-8H,2-3H2,1H3,(H,19,20). The summed E-state index contributed by atoms with van der Waals surface area (Å²) in [7, 11) is 0. The Balaban J connectivity index is 2.33. The third-order valence-corrected chi connectivity index (χ3v) is 3.01. The molecule has 0 radical (unpaired) electrons. The molecule has 0 saturated heterocycles. The summed E-state index contributed by atoms with van der Waals surface area (Å²) in [6.07, 6.45) is 1.47. The van der Waals surface area contributed by atoms with Gasteiger partial charge in [0.05, 0.1) is 10.6 Å². The lowest BCUT2D eigenvalue weighted by Crippen LogP contribution is -2.02. The Morgan fingerprint density at radius 3 is 2.76 bits per heavy atom. The summed E-state index contributed by atoms with van der Waals surface area (Å²) in [5.74, 6) is -1.18. The van der Waals surface area contributed by atoms with Crippen molar-refractivity contribution in [3.05, 3.63) is 52.4 Å². The highest BCUT2D eigenvalue weighted by Crippen LogP contribution is 2.26. The first-order valence-corrected chi connectivity index (χ1v) is 6.74. The highest BCUT2D eigenvalue weighted by Gasteiger charge is 2.10. The molecule has 0 aliphatic rings. The van der Waals surface area contributed by atoms with Crippen molar-refractivity contribution in [1.82, 2.24) is 4.98 Å². The first-order chi connectivity index (χ1) is 9.99. The first-order valence-electron chi connectivity index (χ1n) is 6.36. The van der Waals surface area contributed by atoms with E-state index in [0.29, 0.717) is 17.9 Å². The van der Waals surface area contributed by atoms with Gasteiger partial charge >= 0.3 is 5.97 Å². The maximum atomic E-state index is 13.1.